The summed E-state index contributed by atoms with van der Waals surface area (Å²) in [4.78, 5) is 11.7. The van der Waals surface area contributed by atoms with Crippen LogP contribution in [0.3, 0.4) is 0 Å². The zero-order chi connectivity index (χ0) is 13.4. The summed E-state index contributed by atoms with van der Waals surface area (Å²) in [5.74, 6) is -0.575. The number of ether oxygens (including phenoxy) is 2. The number of amides is 1. The molecule has 0 fully saturated rings. The van der Waals surface area contributed by atoms with Crippen LogP contribution in [0.15, 0.2) is 18.2 Å². The van der Waals surface area contributed by atoms with Gasteiger partial charge in [0.1, 0.15) is 5.82 Å². The molecule has 0 radical (unpaired) electrons. The van der Waals surface area contributed by atoms with Gasteiger partial charge >= 0.3 is 0 Å². The van der Waals surface area contributed by atoms with Crippen molar-refractivity contribution in [3.63, 3.8) is 0 Å². The second-order valence-electron chi connectivity index (χ2n) is 3.49. The Bertz CT molecular complexity index is 401. The second kappa shape index (κ2) is 8.39. The van der Waals surface area contributed by atoms with Crippen molar-refractivity contribution in [2.45, 2.75) is 0 Å². The molecule has 0 saturated heterocycles. The molecule has 0 heterocycles. The zero-order valence-electron chi connectivity index (χ0n) is 10.0. The van der Waals surface area contributed by atoms with Crippen molar-refractivity contribution >= 4 is 28.5 Å². The number of rotatable bonds is 7. The molecule has 0 aliphatic rings. The first-order valence-electron chi connectivity index (χ1n) is 5.45. The molecule has 1 rings (SSSR count). The molecular formula is C12H15FINO3. The van der Waals surface area contributed by atoms with E-state index in [2.05, 4.69) is 5.32 Å². The Morgan fingerprint density at radius 3 is 2.83 bits per heavy atom. The van der Waals surface area contributed by atoms with Crippen molar-refractivity contribution in [3.8, 4) is 0 Å². The Kier molecular flexibility index (Phi) is 7.14. The van der Waals surface area contributed by atoms with Crippen LogP contribution in [0.25, 0.3) is 0 Å². The summed E-state index contributed by atoms with van der Waals surface area (Å²) in [6, 6.07) is 4.06. The van der Waals surface area contributed by atoms with E-state index in [1.165, 1.54) is 18.2 Å². The van der Waals surface area contributed by atoms with Crippen molar-refractivity contribution in [1.82, 2.24) is 5.32 Å². The molecule has 1 aromatic carbocycles. The monoisotopic (exact) mass is 367 g/mol. The van der Waals surface area contributed by atoms with Gasteiger partial charge in [-0.15, -0.1) is 0 Å². The molecule has 0 saturated carbocycles. The fourth-order valence-electron chi connectivity index (χ4n) is 1.25. The Morgan fingerprint density at radius 1 is 1.39 bits per heavy atom. The molecule has 6 heteroatoms. The third-order valence-corrected chi connectivity index (χ3v) is 3.03. The van der Waals surface area contributed by atoms with Crippen LogP contribution >= 0.6 is 22.6 Å². The highest BCUT2D eigenvalue weighted by molar-refractivity contribution is 14.1. The minimum atomic E-state index is -0.348. The largest absolute Gasteiger partial charge is 0.382 e. The quantitative estimate of drug-likeness (QED) is 0.591. The van der Waals surface area contributed by atoms with Gasteiger partial charge in [-0.25, -0.2) is 4.39 Å². The normalized spacial score (nSPS) is 10.4. The molecular weight excluding hydrogens is 352 g/mol. The lowest BCUT2D eigenvalue weighted by molar-refractivity contribution is 0.0692. The van der Waals surface area contributed by atoms with Crippen molar-refractivity contribution in [3.05, 3.63) is 33.1 Å². The minimum absolute atomic E-state index is 0.227. The molecule has 0 aromatic heterocycles. The summed E-state index contributed by atoms with van der Waals surface area (Å²) >= 11 is 1.93. The van der Waals surface area contributed by atoms with Gasteiger partial charge in [-0.1, -0.05) is 0 Å². The van der Waals surface area contributed by atoms with E-state index < -0.39 is 0 Å². The maximum absolute atomic E-state index is 12.9. The molecule has 1 N–H and O–H groups in total. The van der Waals surface area contributed by atoms with Crippen LogP contribution in [-0.4, -0.2) is 39.4 Å². The third kappa shape index (κ3) is 5.28. The van der Waals surface area contributed by atoms with E-state index in [0.29, 0.717) is 35.5 Å². The summed E-state index contributed by atoms with van der Waals surface area (Å²) in [5, 5.41) is 2.70. The molecule has 0 atom stereocenters. The van der Waals surface area contributed by atoms with E-state index in [9.17, 15) is 9.18 Å². The zero-order valence-corrected chi connectivity index (χ0v) is 12.2. The molecule has 18 heavy (non-hydrogen) atoms. The van der Waals surface area contributed by atoms with Gasteiger partial charge in [-0.05, 0) is 40.8 Å². The molecule has 0 aliphatic heterocycles. The lowest BCUT2D eigenvalue weighted by Gasteiger charge is -2.07. The standard InChI is InChI=1S/C12H15FINO3/c1-17-6-7-18-5-4-15-12(16)10-3-2-9(13)8-11(10)14/h2-3,8H,4-7H2,1H3,(H,15,16). The van der Waals surface area contributed by atoms with Crippen LogP contribution in [-0.2, 0) is 9.47 Å². The van der Waals surface area contributed by atoms with Crippen LogP contribution in [0.4, 0.5) is 4.39 Å². The van der Waals surface area contributed by atoms with Gasteiger partial charge in [0.2, 0.25) is 0 Å². The average molecular weight is 367 g/mol. The fourth-order valence-corrected chi connectivity index (χ4v) is 1.97. The van der Waals surface area contributed by atoms with Crippen LogP contribution < -0.4 is 5.32 Å². The smallest absolute Gasteiger partial charge is 0.252 e. The van der Waals surface area contributed by atoms with Crippen molar-refractivity contribution < 1.29 is 18.7 Å². The molecule has 1 amide bonds. The van der Waals surface area contributed by atoms with Gasteiger partial charge in [0.25, 0.3) is 5.91 Å². The second-order valence-corrected chi connectivity index (χ2v) is 4.65. The molecule has 100 valence electrons. The fraction of sp³-hybridized carbons (Fsp3) is 0.417. The number of benzene rings is 1. The van der Waals surface area contributed by atoms with Crippen LogP contribution in [0.1, 0.15) is 10.4 Å². The van der Waals surface area contributed by atoms with E-state index >= 15 is 0 Å². The predicted octanol–water partition coefficient (Wildman–Crippen LogP) is 1.82. The summed E-state index contributed by atoms with van der Waals surface area (Å²) in [6.07, 6.45) is 0. The van der Waals surface area contributed by atoms with Gasteiger partial charge in [0.15, 0.2) is 0 Å². The maximum atomic E-state index is 12.9. The number of carbonyl (C=O) groups excluding carboxylic acids is 1. The molecule has 0 unspecified atom stereocenters. The van der Waals surface area contributed by atoms with Crippen LogP contribution in [0.5, 0.6) is 0 Å². The molecule has 1 aromatic rings. The van der Waals surface area contributed by atoms with E-state index in [1.807, 2.05) is 22.6 Å². The summed E-state index contributed by atoms with van der Waals surface area (Å²) in [6.45, 7) is 1.87. The van der Waals surface area contributed by atoms with Gasteiger partial charge in [0.05, 0.1) is 25.4 Å². The highest BCUT2D eigenvalue weighted by Gasteiger charge is 2.09. The predicted molar refractivity (Wildman–Crippen MR) is 74.1 cm³/mol. The van der Waals surface area contributed by atoms with E-state index in [1.54, 1.807) is 7.11 Å². The number of nitrogens with one attached hydrogen (secondary N) is 1. The SMILES string of the molecule is COCCOCCNC(=O)c1ccc(F)cc1I. The Balaban J connectivity index is 2.32. The summed E-state index contributed by atoms with van der Waals surface area (Å²) in [5.41, 5.74) is 0.467. The Labute approximate surface area is 119 Å². The van der Waals surface area contributed by atoms with Gasteiger partial charge in [-0.2, -0.15) is 0 Å². The molecule has 4 nitrogen and oxygen atoms in total. The van der Waals surface area contributed by atoms with Crippen LogP contribution in [0, 0.1) is 9.39 Å². The van der Waals surface area contributed by atoms with E-state index in [0.717, 1.165) is 0 Å². The first-order valence-corrected chi connectivity index (χ1v) is 6.53. The average Bonchev–Trinajstić information content (AvgIpc) is 2.33. The molecule has 0 spiro atoms. The molecule has 0 bridgehead atoms. The van der Waals surface area contributed by atoms with Gasteiger partial charge < -0.3 is 14.8 Å². The third-order valence-electron chi connectivity index (χ3n) is 2.14. The summed E-state index contributed by atoms with van der Waals surface area (Å²) < 4.78 is 23.5. The maximum Gasteiger partial charge on any atom is 0.252 e. The van der Waals surface area contributed by atoms with Crippen molar-refractivity contribution in [2.75, 3.05) is 33.5 Å². The first-order chi connectivity index (χ1) is 8.65. The number of hydrogen-bond donors (Lipinski definition) is 1. The van der Waals surface area contributed by atoms with Crippen molar-refractivity contribution in [2.24, 2.45) is 0 Å². The minimum Gasteiger partial charge on any atom is -0.382 e. The van der Waals surface area contributed by atoms with E-state index in [4.69, 9.17) is 9.47 Å². The lowest BCUT2D eigenvalue weighted by atomic mass is 10.2. The van der Waals surface area contributed by atoms with E-state index in [-0.39, 0.29) is 11.7 Å². The Hall–Kier alpha value is -0.730. The number of carbonyl (C=O) groups is 1. The summed E-state index contributed by atoms with van der Waals surface area (Å²) in [7, 11) is 1.60. The number of methoxy groups -OCH3 is 1. The topological polar surface area (TPSA) is 47.6 Å². The first kappa shape index (κ1) is 15.3. The number of hydrogen-bond acceptors (Lipinski definition) is 3. The highest BCUT2D eigenvalue weighted by atomic mass is 127. The van der Waals surface area contributed by atoms with Gasteiger partial charge in [0, 0.05) is 17.2 Å². The molecule has 0 aliphatic carbocycles. The van der Waals surface area contributed by atoms with Gasteiger partial charge in [-0.3, -0.25) is 4.79 Å². The Morgan fingerprint density at radius 2 is 2.17 bits per heavy atom. The number of halogens is 2. The van der Waals surface area contributed by atoms with Crippen molar-refractivity contribution in [1.29, 1.82) is 0 Å². The highest BCUT2D eigenvalue weighted by Crippen LogP contribution is 2.13. The lowest BCUT2D eigenvalue weighted by Crippen LogP contribution is -2.28. The van der Waals surface area contributed by atoms with Crippen LogP contribution in [0.2, 0.25) is 0 Å².